The van der Waals surface area contributed by atoms with Crippen molar-refractivity contribution in [1.29, 1.82) is 0 Å². The number of aliphatic carboxylic acids is 1. The molecule has 6 nitrogen and oxygen atoms in total. The van der Waals surface area contributed by atoms with Gasteiger partial charge >= 0.3 is 12.1 Å². The Balaban J connectivity index is 2.63. The number of hydrogen-bond acceptors (Lipinski definition) is 4. The van der Waals surface area contributed by atoms with Crippen molar-refractivity contribution < 1.29 is 24.5 Å². The van der Waals surface area contributed by atoms with Crippen LogP contribution in [-0.4, -0.2) is 40.5 Å². The van der Waals surface area contributed by atoms with E-state index in [1.54, 1.807) is 45.0 Å². The molecule has 0 spiro atoms. The SMILES string of the molecule is CC(C)(C)OC(=O)NCC[C@@H](c1ccccc1)[C@H](O)C(=O)O. The molecule has 1 rings (SSSR count). The summed E-state index contributed by atoms with van der Waals surface area (Å²) >= 11 is 0. The Morgan fingerprint density at radius 2 is 1.82 bits per heavy atom. The van der Waals surface area contributed by atoms with Crippen molar-refractivity contribution in [3.63, 3.8) is 0 Å². The number of rotatable bonds is 6. The highest BCUT2D eigenvalue weighted by Crippen LogP contribution is 2.23. The molecule has 1 aromatic rings. The first-order chi connectivity index (χ1) is 10.2. The minimum absolute atomic E-state index is 0.207. The summed E-state index contributed by atoms with van der Waals surface area (Å²) in [5, 5.41) is 21.4. The van der Waals surface area contributed by atoms with E-state index in [0.717, 1.165) is 0 Å². The van der Waals surface area contributed by atoms with Gasteiger partial charge in [0.25, 0.3) is 0 Å². The largest absolute Gasteiger partial charge is 0.479 e. The number of carbonyl (C=O) groups is 2. The zero-order chi connectivity index (χ0) is 16.8. The van der Waals surface area contributed by atoms with Crippen molar-refractivity contribution in [2.24, 2.45) is 0 Å². The van der Waals surface area contributed by atoms with E-state index in [1.165, 1.54) is 0 Å². The van der Waals surface area contributed by atoms with Crippen molar-refractivity contribution >= 4 is 12.1 Å². The third-order valence-electron chi connectivity index (χ3n) is 2.99. The van der Waals surface area contributed by atoms with Crippen LogP contribution in [0.1, 0.15) is 38.7 Å². The van der Waals surface area contributed by atoms with Gasteiger partial charge in [-0.1, -0.05) is 30.3 Å². The number of alkyl carbamates (subject to hydrolysis) is 1. The molecule has 1 aromatic carbocycles. The summed E-state index contributed by atoms with van der Waals surface area (Å²) in [5.41, 5.74) is 0.118. The number of ether oxygens (including phenoxy) is 1. The second kappa shape index (κ2) is 7.79. The minimum Gasteiger partial charge on any atom is -0.479 e. The van der Waals surface area contributed by atoms with Crippen LogP contribution < -0.4 is 5.32 Å². The smallest absolute Gasteiger partial charge is 0.407 e. The number of benzene rings is 1. The molecule has 0 aromatic heterocycles. The van der Waals surface area contributed by atoms with Crippen LogP contribution in [0.2, 0.25) is 0 Å². The molecule has 0 aliphatic heterocycles. The van der Waals surface area contributed by atoms with Gasteiger partial charge in [-0.2, -0.15) is 0 Å². The van der Waals surface area contributed by atoms with Crippen molar-refractivity contribution in [1.82, 2.24) is 5.32 Å². The number of aliphatic hydroxyl groups is 1. The molecule has 122 valence electrons. The number of nitrogens with one attached hydrogen (secondary N) is 1. The number of carboxylic acids is 1. The molecule has 0 unspecified atom stereocenters. The Kier molecular flexibility index (Phi) is 6.37. The number of carbonyl (C=O) groups excluding carboxylic acids is 1. The van der Waals surface area contributed by atoms with Gasteiger partial charge in [0.2, 0.25) is 0 Å². The summed E-state index contributed by atoms with van der Waals surface area (Å²) in [7, 11) is 0. The second-order valence-corrected chi connectivity index (χ2v) is 6.02. The van der Waals surface area contributed by atoms with Gasteiger partial charge < -0.3 is 20.3 Å². The van der Waals surface area contributed by atoms with Gasteiger partial charge in [0.1, 0.15) is 5.60 Å². The molecule has 0 aliphatic carbocycles. The molecule has 0 bridgehead atoms. The Labute approximate surface area is 130 Å². The average molecular weight is 309 g/mol. The fraction of sp³-hybridized carbons (Fsp3) is 0.500. The third kappa shape index (κ3) is 6.13. The minimum atomic E-state index is -1.53. The van der Waals surface area contributed by atoms with Crippen LogP contribution in [-0.2, 0) is 9.53 Å². The van der Waals surface area contributed by atoms with E-state index >= 15 is 0 Å². The Hall–Kier alpha value is -2.08. The maximum absolute atomic E-state index is 11.6. The molecule has 0 saturated heterocycles. The molecule has 6 heteroatoms. The van der Waals surface area contributed by atoms with Crippen LogP contribution in [0.15, 0.2) is 30.3 Å². The highest BCUT2D eigenvalue weighted by atomic mass is 16.6. The van der Waals surface area contributed by atoms with E-state index in [-0.39, 0.29) is 13.0 Å². The lowest BCUT2D eigenvalue weighted by molar-refractivity contribution is -0.147. The summed E-state index contributed by atoms with van der Waals surface area (Å²) < 4.78 is 5.10. The normalized spacial score (nSPS) is 14.0. The predicted molar refractivity (Wildman–Crippen MR) is 81.7 cm³/mol. The average Bonchev–Trinajstić information content (AvgIpc) is 2.42. The predicted octanol–water partition coefficient (Wildman–Crippen LogP) is 2.13. The number of hydrogen-bond donors (Lipinski definition) is 3. The quantitative estimate of drug-likeness (QED) is 0.748. The van der Waals surface area contributed by atoms with Crippen molar-refractivity contribution in [3.8, 4) is 0 Å². The summed E-state index contributed by atoms with van der Waals surface area (Å²) in [4.78, 5) is 22.6. The topological polar surface area (TPSA) is 95.9 Å². The van der Waals surface area contributed by atoms with Crippen LogP contribution in [0.25, 0.3) is 0 Å². The molecular formula is C16H23NO5. The van der Waals surface area contributed by atoms with Crippen LogP contribution in [0.5, 0.6) is 0 Å². The Morgan fingerprint density at radius 3 is 2.32 bits per heavy atom. The summed E-state index contributed by atoms with van der Waals surface area (Å²) in [6.45, 7) is 5.48. The number of carboxylic acid groups (broad SMARTS) is 1. The number of amides is 1. The van der Waals surface area contributed by atoms with E-state index < -0.39 is 29.7 Å². The molecule has 3 N–H and O–H groups in total. The third-order valence-corrected chi connectivity index (χ3v) is 2.99. The van der Waals surface area contributed by atoms with Crippen LogP contribution >= 0.6 is 0 Å². The molecule has 22 heavy (non-hydrogen) atoms. The zero-order valence-corrected chi connectivity index (χ0v) is 13.1. The first kappa shape index (κ1) is 18.0. The molecule has 0 radical (unpaired) electrons. The van der Waals surface area contributed by atoms with Crippen LogP contribution in [0, 0.1) is 0 Å². The maximum Gasteiger partial charge on any atom is 0.407 e. The van der Waals surface area contributed by atoms with Crippen molar-refractivity contribution in [2.75, 3.05) is 6.54 Å². The highest BCUT2D eigenvalue weighted by Gasteiger charge is 2.27. The van der Waals surface area contributed by atoms with Gasteiger partial charge in [-0.25, -0.2) is 9.59 Å². The van der Waals surface area contributed by atoms with E-state index in [1.807, 2.05) is 6.07 Å². The fourth-order valence-electron chi connectivity index (χ4n) is 2.02. The Morgan fingerprint density at radius 1 is 1.23 bits per heavy atom. The summed E-state index contributed by atoms with van der Waals surface area (Å²) in [5.74, 6) is -1.89. The lowest BCUT2D eigenvalue weighted by atomic mass is 9.90. The van der Waals surface area contributed by atoms with Crippen LogP contribution in [0.3, 0.4) is 0 Å². The zero-order valence-electron chi connectivity index (χ0n) is 13.1. The molecule has 0 fully saturated rings. The van der Waals surface area contributed by atoms with Gasteiger partial charge in [0.05, 0.1) is 0 Å². The maximum atomic E-state index is 11.6. The van der Waals surface area contributed by atoms with E-state index in [2.05, 4.69) is 5.32 Å². The van der Waals surface area contributed by atoms with Gasteiger partial charge in [0.15, 0.2) is 6.10 Å². The van der Waals surface area contributed by atoms with Gasteiger partial charge in [0, 0.05) is 12.5 Å². The molecule has 1 amide bonds. The molecular weight excluding hydrogens is 286 g/mol. The second-order valence-electron chi connectivity index (χ2n) is 6.02. The van der Waals surface area contributed by atoms with Crippen LogP contribution in [0.4, 0.5) is 4.79 Å². The van der Waals surface area contributed by atoms with E-state index in [0.29, 0.717) is 5.56 Å². The highest BCUT2D eigenvalue weighted by molar-refractivity contribution is 5.73. The van der Waals surface area contributed by atoms with E-state index in [9.17, 15) is 14.7 Å². The van der Waals surface area contributed by atoms with Crippen molar-refractivity contribution in [3.05, 3.63) is 35.9 Å². The fourth-order valence-corrected chi connectivity index (χ4v) is 2.02. The first-order valence-corrected chi connectivity index (χ1v) is 7.13. The van der Waals surface area contributed by atoms with Gasteiger partial charge in [-0.3, -0.25) is 0 Å². The van der Waals surface area contributed by atoms with E-state index in [4.69, 9.17) is 9.84 Å². The summed E-state index contributed by atoms with van der Waals surface area (Å²) in [6, 6.07) is 8.87. The molecule has 2 atom stereocenters. The van der Waals surface area contributed by atoms with Gasteiger partial charge in [-0.15, -0.1) is 0 Å². The summed E-state index contributed by atoms with van der Waals surface area (Å²) in [6.07, 6.45) is -1.80. The molecule has 0 aliphatic rings. The lowest BCUT2D eigenvalue weighted by Gasteiger charge is -2.22. The molecule has 0 saturated carbocycles. The lowest BCUT2D eigenvalue weighted by Crippen LogP contribution is -2.35. The van der Waals surface area contributed by atoms with Gasteiger partial charge in [-0.05, 0) is 32.8 Å². The monoisotopic (exact) mass is 309 g/mol. The van der Waals surface area contributed by atoms with Crippen molar-refractivity contribution in [2.45, 2.75) is 44.8 Å². The molecule has 0 heterocycles. The Bertz CT molecular complexity index is 495. The number of aliphatic hydroxyl groups excluding tert-OH is 1. The standard InChI is InChI=1S/C16H23NO5/c1-16(2,3)22-15(21)17-10-9-12(13(18)14(19)20)11-7-5-4-6-8-11/h4-8,12-13,18H,9-10H2,1-3H3,(H,17,21)(H,19,20)/t12-,13-/m0/s1. The first-order valence-electron chi connectivity index (χ1n) is 7.13.